The van der Waals surface area contributed by atoms with Gasteiger partial charge in [-0.15, -0.1) is 11.3 Å². The first-order valence-electron chi connectivity index (χ1n) is 9.63. The van der Waals surface area contributed by atoms with Gasteiger partial charge in [-0.05, 0) is 30.4 Å². The van der Waals surface area contributed by atoms with E-state index in [1.807, 2.05) is 18.2 Å². The van der Waals surface area contributed by atoms with Gasteiger partial charge in [-0.2, -0.15) is 0 Å². The molecule has 1 fully saturated rings. The summed E-state index contributed by atoms with van der Waals surface area (Å²) in [5.74, 6) is -0.688. The number of hydrazine groups is 1. The number of nitrogens with one attached hydrogen (secondary N) is 2. The van der Waals surface area contributed by atoms with Gasteiger partial charge in [0.1, 0.15) is 0 Å². The van der Waals surface area contributed by atoms with E-state index in [-0.39, 0.29) is 18.4 Å². The molecule has 1 aliphatic rings. The number of pyridine rings is 1. The molecule has 2 amide bonds. The SMILES string of the molecule is NCC(=O)NNC(=O)C1CCN(c2cc(-c3ccccc3)nc3ccsc23)CC1. The van der Waals surface area contributed by atoms with Gasteiger partial charge in [0.2, 0.25) is 5.91 Å². The van der Waals surface area contributed by atoms with E-state index in [9.17, 15) is 9.59 Å². The Hall–Kier alpha value is -2.97. The van der Waals surface area contributed by atoms with Crippen molar-refractivity contribution in [3.63, 3.8) is 0 Å². The summed E-state index contributed by atoms with van der Waals surface area (Å²) < 4.78 is 1.17. The minimum Gasteiger partial charge on any atom is -0.370 e. The molecule has 0 saturated carbocycles. The van der Waals surface area contributed by atoms with Crippen LogP contribution < -0.4 is 21.5 Å². The molecule has 4 N–H and O–H groups in total. The van der Waals surface area contributed by atoms with Crippen LogP contribution in [0.25, 0.3) is 21.5 Å². The molecule has 3 heterocycles. The molecule has 4 rings (SSSR count). The second kappa shape index (κ2) is 8.59. The van der Waals surface area contributed by atoms with Crippen LogP contribution in [0.5, 0.6) is 0 Å². The second-order valence-corrected chi connectivity index (χ2v) is 7.95. The first-order chi connectivity index (χ1) is 14.2. The van der Waals surface area contributed by atoms with Crippen molar-refractivity contribution in [2.75, 3.05) is 24.5 Å². The molecule has 0 radical (unpaired) electrons. The average Bonchev–Trinajstić information content (AvgIpc) is 3.26. The highest BCUT2D eigenvalue weighted by atomic mass is 32.1. The normalized spacial score (nSPS) is 14.7. The summed E-state index contributed by atoms with van der Waals surface area (Å²) in [6.45, 7) is 1.39. The molecule has 1 aliphatic heterocycles. The third kappa shape index (κ3) is 4.23. The topological polar surface area (TPSA) is 100 Å². The number of amides is 2. The highest BCUT2D eigenvalue weighted by Gasteiger charge is 2.26. The van der Waals surface area contributed by atoms with E-state index in [2.05, 4.69) is 45.4 Å². The summed E-state index contributed by atoms with van der Waals surface area (Å²) in [7, 11) is 0. The van der Waals surface area contributed by atoms with E-state index in [1.165, 1.54) is 10.4 Å². The molecule has 29 heavy (non-hydrogen) atoms. The summed E-state index contributed by atoms with van der Waals surface area (Å²) in [5, 5.41) is 2.07. The van der Waals surface area contributed by atoms with Crippen LogP contribution in [0.4, 0.5) is 5.69 Å². The van der Waals surface area contributed by atoms with Crippen LogP contribution in [0.2, 0.25) is 0 Å². The van der Waals surface area contributed by atoms with E-state index < -0.39 is 5.91 Å². The monoisotopic (exact) mass is 409 g/mol. The van der Waals surface area contributed by atoms with E-state index in [0.29, 0.717) is 0 Å². The van der Waals surface area contributed by atoms with Crippen LogP contribution >= 0.6 is 11.3 Å². The molecule has 150 valence electrons. The van der Waals surface area contributed by atoms with Crippen molar-refractivity contribution in [2.24, 2.45) is 11.7 Å². The number of carbonyl (C=O) groups excluding carboxylic acids is 2. The molecule has 0 atom stereocenters. The number of hydrogen-bond donors (Lipinski definition) is 3. The van der Waals surface area contributed by atoms with Gasteiger partial charge in [-0.1, -0.05) is 30.3 Å². The number of rotatable bonds is 4. The van der Waals surface area contributed by atoms with Gasteiger partial charge in [0.25, 0.3) is 5.91 Å². The van der Waals surface area contributed by atoms with Crippen molar-refractivity contribution in [3.05, 3.63) is 47.8 Å². The Balaban J connectivity index is 1.50. The number of aromatic nitrogens is 1. The third-order valence-electron chi connectivity index (χ3n) is 5.18. The Morgan fingerprint density at radius 2 is 1.90 bits per heavy atom. The van der Waals surface area contributed by atoms with E-state index in [0.717, 1.165) is 42.7 Å². The molecule has 1 saturated heterocycles. The zero-order valence-electron chi connectivity index (χ0n) is 15.9. The van der Waals surface area contributed by atoms with Gasteiger partial charge >= 0.3 is 0 Å². The molecular formula is C21H23N5O2S. The number of nitrogens with two attached hydrogens (primary N) is 1. The fourth-order valence-corrected chi connectivity index (χ4v) is 4.47. The number of hydrogen-bond acceptors (Lipinski definition) is 6. The molecule has 3 aromatic rings. The Bertz CT molecular complexity index is 1010. The molecule has 0 bridgehead atoms. The maximum atomic E-state index is 12.3. The van der Waals surface area contributed by atoms with Crippen LogP contribution in [0.3, 0.4) is 0 Å². The van der Waals surface area contributed by atoms with Gasteiger partial charge in [0.05, 0.1) is 28.1 Å². The molecule has 0 aliphatic carbocycles. The van der Waals surface area contributed by atoms with Crippen molar-refractivity contribution in [3.8, 4) is 11.3 Å². The predicted molar refractivity (Wildman–Crippen MR) is 115 cm³/mol. The van der Waals surface area contributed by atoms with Crippen LogP contribution in [0.15, 0.2) is 47.8 Å². The lowest BCUT2D eigenvalue weighted by Crippen LogP contribution is -2.49. The van der Waals surface area contributed by atoms with Crippen molar-refractivity contribution in [1.29, 1.82) is 0 Å². The minimum absolute atomic E-state index is 0.126. The van der Waals surface area contributed by atoms with E-state index in [4.69, 9.17) is 10.7 Å². The number of carbonyl (C=O) groups is 2. The number of fused-ring (bicyclic) bond motifs is 1. The lowest BCUT2D eigenvalue weighted by molar-refractivity contribution is -0.131. The molecular weight excluding hydrogens is 386 g/mol. The average molecular weight is 410 g/mol. The summed E-state index contributed by atoms with van der Waals surface area (Å²) in [6.07, 6.45) is 1.44. The minimum atomic E-state index is -0.402. The van der Waals surface area contributed by atoms with Gasteiger partial charge in [-0.25, -0.2) is 4.98 Å². The Kier molecular flexibility index (Phi) is 5.73. The lowest BCUT2D eigenvalue weighted by Gasteiger charge is -2.33. The van der Waals surface area contributed by atoms with Crippen molar-refractivity contribution < 1.29 is 9.59 Å². The fourth-order valence-electron chi connectivity index (χ4n) is 3.60. The predicted octanol–water partition coefficient (Wildman–Crippen LogP) is 2.29. The fraction of sp³-hybridized carbons (Fsp3) is 0.286. The smallest absolute Gasteiger partial charge is 0.252 e. The van der Waals surface area contributed by atoms with Gasteiger partial charge in [-0.3, -0.25) is 20.4 Å². The first-order valence-corrected chi connectivity index (χ1v) is 10.5. The third-order valence-corrected chi connectivity index (χ3v) is 6.10. The number of benzene rings is 1. The Labute approximate surface area is 172 Å². The Morgan fingerprint density at radius 3 is 2.62 bits per heavy atom. The van der Waals surface area contributed by atoms with E-state index >= 15 is 0 Å². The van der Waals surface area contributed by atoms with Crippen LogP contribution in [0, 0.1) is 5.92 Å². The highest BCUT2D eigenvalue weighted by molar-refractivity contribution is 7.17. The quantitative estimate of drug-likeness (QED) is 0.574. The first kappa shape index (κ1) is 19.4. The van der Waals surface area contributed by atoms with E-state index in [1.54, 1.807) is 11.3 Å². The van der Waals surface area contributed by atoms with Crippen LogP contribution in [-0.2, 0) is 9.59 Å². The second-order valence-electron chi connectivity index (χ2n) is 7.03. The molecule has 1 aromatic carbocycles. The number of nitrogens with zero attached hydrogens (tertiary/aromatic N) is 2. The van der Waals surface area contributed by atoms with Crippen molar-refractivity contribution in [1.82, 2.24) is 15.8 Å². The highest BCUT2D eigenvalue weighted by Crippen LogP contribution is 2.36. The lowest BCUT2D eigenvalue weighted by atomic mass is 9.95. The summed E-state index contributed by atoms with van der Waals surface area (Å²) in [4.78, 5) is 30.6. The summed E-state index contributed by atoms with van der Waals surface area (Å²) in [5.41, 5.74) is 14.2. The number of piperidine rings is 1. The number of thiophene rings is 1. The molecule has 2 aromatic heterocycles. The summed E-state index contributed by atoms with van der Waals surface area (Å²) >= 11 is 1.69. The zero-order valence-corrected chi connectivity index (χ0v) is 16.7. The van der Waals surface area contributed by atoms with Gasteiger partial charge in [0.15, 0.2) is 0 Å². The zero-order chi connectivity index (χ0) is 20.2. The number of anilines is 1. The standard InChI is InChI=1S/C21H23N5O2S/c22-13-19(27)24-25-21(28)15-6-9-26(10-7-15)18-12-17(14-4-2-1-3-5-14)23-16-8-11-29-20(16)18/h1-5,8,11-12,15H,6-7,9-10,13,22H2,(H,24,27)(H,25,28). The van der Waals surface area contributed by atoms with Crippen LogP contribution in [0.1, 0.15) is 12.8 Å². The molecule has 7 nitrogen and oxygen atoms in total. The molecule has 8 heteroatoms. The van der Waals surface area contributed by atoms with Crippen molar-refractivity contribution in [2.45, 2.75) is 12.8 Å². The van der Waals surface area contributed by atoms with Gasteiger partial charge < -0.3 is 10.6 Å². The van der Waals surface area contributed by atoms with Crippen LogP contribution in [-0.4, -0.2) is 36.4 Å². The maximum Gasteiger partial charge on any atom is 0.252 e. The largest absolute Gasteiger partial charge is 0.370 e. The molecule has 0 unspecified atom stereocenters. The maximum absolute atomic E-state index is 12.3. The van der Waals surface area contributed by atoms with Gasteiger partial charge in [0, 0.05) is 24.6 Å². The van der Waals surface area contributed by atoms with Crippen molar-refractivity contribution >= 4 is 39.1 Å². The Morgan fingerprint density at radius 1 is 1.14 bits per heavy atom. The molecule has 0 spiro atoms. The summed E-state index contributed by atoms with van der Waals surface area (Å²) in [6, 6.07) is 14.4.